The molecule has 1 aliphatic carbocycles. The van der Waals surface area contributed by atoms with Gasteiger partial charge in [-0.2, -0.15) is 0 Å². The third-order valence-electron chi connectivity index (χ3n) is 5.27. The third kappa shape index (κ3) is 4.59. The molecule has 0 saturated heterocycles. The number of hydrogen-bond acceptors (Lipinski definition) is 3. The van der Waals surface area contributed by atoms with Crippen molar-refractivity contribution in [1.82, 2.24) is 10.6 Å². The Hall–Kier alpha value is -1.91. The van der Waals surface area contributed by atoms with E-state index in [1.54, 1.807) is 6.07 Å². The van der Waals surface area contributed by atoms with Gasteiger partial charge in [0.05, 0.1) is 0 Å². The van der Waals surface area contributed by atoms with Crippen LogP contribution in [0.25, 0.3) is 11.1 Å². The molecule has 0 bridgehead atoms. The van der Waals surface area contributed by atoms with Gasteiger partial charge in [0.2, 0.25) is 0 Å². The van der Waals surface area contributed by atoms with Gasteiger partial charge in [0, 0.05) is 36.9 Å². The molecule has 4 heteroatoms. The second-order valence-corrected chi connectivity index (χ2v) is 6.85. The van der Waals surface area contributed by atoms with Crippen molar-refractivity contribution < 1.29 is 4.39 Å². The van der Waals surface area contributed by atoms with Gasteiger partial charge in [-0.15, -0.1) is 0 Å². The highest BCUT2D eigenvalue weighted by atomic mass is 19.1. The first-order valence-corrected chi connectivity index (χ1v) is 9.17. The Bertz CT molecular complexity index is 676. The van der Waals surface area contributed by atoms with Crippen LogP contribution in [0, 0.1) is 5.82 Å². The summed E-state index contributed by atoms with van der Waals surface area (Å²) < 4.78 is 14.2. The van der Waals surface area contributed by atoms with Crippen LogP contribution in [0.3, 0.4) is 0 Å². The normalized spacial score (nSPS) is 20.4. The molecule has 3 N–H and O–H groups in total. The zero-order chi connectivity index (χ0) is 17.6. The van der Waals surface area contributed by atoms with Crippen molar-refractivity contribution in [2.45, 2.75) is 44.3 Å². The zero-order valence-corrected chi connectivity index (χ0v) is 15.1. The lowest BCUT2D eigenvalue weighted by atomic mass is 9.91. The van der Waals surface area contributed by atoms with Gasteiger partial charge in [-0.3, -0.25) is 0 Å². The fraction of sp³-hybridized carbons (Fsp3) is 0.429. The van der Waals surface area contributed by atoms with E-state index in [2.05, 4.69) is 28.1 Å². The second kappa shape index (κ2) is 8.45. The van der Waals surface area contributed by atoms with Gasteiger partial charge in [0.15, 0.2) is 0 Å². The van der Waals surface area contributed by atoms with E-state index in [-0.39, 0.29) is 5.82 Å². The molecule has 1 fully saturated rings. The molecule has 0 aromatic heterocycles. The smallest absolute Gasteiger partial charge is 0.127 e. The summed E-state index contributed by atoms with van der Waals surface area (Å²) in [5.74, 6) is -0.132. The second-order valence-electron chi connectivity index (χ2n) is 6.85. The van der Waals surface area contributed by atoms with Gasteiger partial charge >= 0.3 is 0 Å². The highest BCUT2D eigenvalue weighted by Gasteiger charge is 2.19. The molecule has 0 spiro atoms. The molecule has 0 unspecified atom stereocenters. The molecular formula is C21H28FN3. The molecule has 0 heterocycles. The Kier molecular flexibility index (Phi) is 6.05. The highest BCUT2D eigenvalue weighted by Crippen LogP contribution is 2.24. The maximum Gasteiger partial charge on any atom is 0.127 e. The van der Waals surface area contributed by atoms with Gasteiger partial charge in [-0.1, -0.05) is 18.2 Å². The zero-order valence-electron chi connectivity index (χ0n) is 15.1. The Morgan fingerprint density at radius 3 is 2.16 bits per heavy atom. The lowest BCUT2D eigenvalue weighted by Gasteiger charge is -2.29. The Labute approximate surface area is 150 Å². The van der Waals surface area contributed by atoms with Gasteiger partial charge in [0.1, 0.15) is 5.82 Å². The number of halogens is 1. The Balaban J connectivity index is 1.65. The number of benzene rings is 2. The van der Waals surface area contributed by atoms with Crippen LogP contribution >= 0.6 is 0 Å². The first kappa shape index (κ1) is 17.9. The molecule has 0 atom stereocenters. The first-order valence-electron chi connectivity index (χ1n) is 9.17. The molecule has 3 nitrogen and oxygen atoms in total. The van der Waals surface area contributed by atoms with E-state index < -0.39 is 0 Å². The van der Waals surface area contributed by atoms with E-state index in [0.717, 1.165) is 35.2 Å². The molecule has 0 amide bonds. The summed E-state index contributed by atoms with van der Waals surface area (Å²) in [6.45, 7) is 0.586. The van der Waals surface area contributed by atoms with Crippen LogP contribution in [0.2, 0.25) is 0 Å². The maximum absolute atomic E-state index is 14.2. The molecule has 3 rings (SSSR count). The Morgan fingerprint density at radius 2 is 1.52 bits per heavy atom. The average molecular weight is 341 g/mol. The average Bonchev–Trinajstić information content (AvgIpc) is 2.68. The predicted octanol–water partition coefficient (Wildman–Crippen LogP) is 4.15. The van der Waals surface area contributed by atoms with Crippen LogP contribution in [0.1, 0.15) is 31.2 Å². The summed E-state index contributed by atoms with van der Waals surface area (Å²) in [5.41, 5.74) is 3.98. The van der Waals surface area contributed by atoms with Gasteiger partial charge in [-0.05, 0) is 68.1 Å². The molecular weight excluding hydrogens is 313 g/mol. The van der Waals surface area contributed by atoms with E-state index >= 15 is 0 Å². The number of nitrogens with one attached hydrogen (secondary N) is 3. The monoisotopic (exact) mass is 341 g/mol. The highest BCUT2D eigenvalue weighted by molar-refractivity contribution is 5.66. The molecule has 0 aliphatic heterocycles. The number of rotatable bonds is 6. The van der Waals surface area contributed by atoms with Gasteiger partial charge in [-0.25, -0.2) is 4.39 Å². The quantitative estimate of drug-likeness (QED) is 0.738. The van der Waals surface area contributed by atoms with E-state index in [9.17, 15) is 4.39 Å². The van der Waals surface area contributed by atoms with Crippen LogP contribution < -0.4 is 16.0 Å². The minimum absolute atomic E-state index is 0.132. The summed E-state index contributed by atoms with van der Waals surface area (Å²) in [6.07, 6.45) is 4.68. The molecule has 0 radical (unpaired) electrons. The fourth-order valence-corrected chi connectivity index (χ4v) is 3.56. The predicted molar refractivity (Wildman–Crippen MR) is 103 cm³/mol. The number of anilines is 1. The molecule has 1 saturated carbocycles. The maximum atomic E-state index is 14.2. The lowest BCUT2D eigenvalue weighted by Crippen LogP contribution is -2.38. The van der Waals surface area contributed by atoms with E-state index in [4.69, 9.17) is 0 Å². The van der Waals surface area contributed by atoms with Crippen molar-refractivity contribution in [3.05, 3.63) is 53.8 Å². The summed E-state index contributed by atoms with van der Waals surface area (Å²) in [6, 6.07) is 14.7. The van der Waals surface area contributed by atoms with Gasteiger partial charge in [0.25, 0.3) is 0 Å². The molecule has 134 valence electrons. The molecule has 2 aromatic carbocycles. The standard InChI is InChI=1S/C21H28FN3/c1-23-18-6-3-15(4-7-18)16-5-12-21(22)17(13-16)14-25-20-10-8-19(24-2)9-11-20/h3-7,12-13,19-20,23-25H,8-11,14H2,1-2H3. The minimum Gasteiger partial charge on any atom is -0.388 e. The van der Waals surface area contributed by atoms with E-state index in [1.807, 2.05) is 38.4 Å². The summed E-state index contributed by atoms with van der Waals surface area (Å²) in [5, 5.41) is 10.0. The number of hydrogen-bond donors (Lipinski definition) is 3. The summed E-state index contributed by atoms with van der Waals surface area (Å²) >= 11 is 0. The Morgan fingerprint density at radius 1 is 0.880 bits per heavy atom. The van der Waals surface area contributed by atoms with Crippen LogP contribution in [-0.2, 0) is 6.54 Å². The molecule has 1 aliphatic rings. The van der Waals surface area contributed by atoms with Gasteiger partial charge < -0.3 is 16.0 Å². The van der Waals surface area contributed by atoms with Crippen molar-refractivity contribution in [3.63, 3.8) is 0 Å². The van der Waals surface area contributed by atoms with E-state index in [0.29, 0.717) is 18.6 Å². The summed E-state index contributed by atoms with van der Waals surface area (Å²) in [7, 11) is 3.93. The lowest BCUT2D eigenvalue weighted by molar-refractivity contribution is 0.316. The minimum atomic E-state index is -0.132. The SMILES string of the molecule is CNc1ccc(-c2ccc(F)c(CNC3CCC(NC)CC3)c2)cc1. The van der Waals surface area contributed by atoms with Crippen LogP contribution in [0.5, 0.6) is 0 Å². The fourth-order valence-electron chi connectivity index (χ4n) is 3.56. The largest absolute Gasteiger partial charge is 0.388 e. The van der Waals surface area contributed by atoms with Crippen LogP contribution in [0.4, 0.5) is 10.1 Å². The van der Waals surface area contributed by atoms with Crippen molar-refractivity contribution >= 4 is 5.69 Å². The van der Waals surface area contributed by atoms with Crippen molar-refractivity contribution in [3.8, 4) is 11.1 Å². The topological polar surface area (TPSA) is 36.1 Å². The van der Waals surface area contributed by atoms with Crippen LogP contribution in [-0.4, -0.2) is 26.2 Å². The van der Waals surface area contributed by atoms with Crippen molar-refractivity contribution in [2.24, 2.45) is 0 Å². The molecule has 2 aromatic rings. The van der Waals surface area contributed by atoms with Crippen molar-refractivity contribution in [1.29, 1.82) is 0 Å². The first-order chi connectivity index (χ1) is 12.2. The third-order valence-corrected chi connectivity index (χ3v) is 5.27. The van der Waals surface area contributed by atoms with Crippen molar-refractivity contribution in [2.75, 3.05) is 19.4 Å². The molecule has 25 heavy (non-hydrogen) atoms. The van der Waals surface area contributed by atoms with E-state index in [1.165, 1.54) is 12.8 Å². The summed E-state index contributed by atoms with van der Waals surface area (Å²) in [4.78, 5) is 0. The van der Waals surface area contributed by atoms with Crippen LogP contribution in [0.15, 0.2) is 42.5 Å².